The van der Waals surface area contributed by atoms with Crippen molar-refractivity contribution >= 4 is 5.65 Å². The van der Waals surface area contributed by atoms with Crippen molar-refractivity contribution in [2.45, 2.75) is 18.9 Å². The SMILES string of the molecule is c1cn2c(C3CCCN3)cnc2cn1. The van der Waals surface area contributed by atoms with Crippen LogP contribution in [0.2, 0.25) is 0 Å². The van der Waals surface area contributed by atoms with Gasteiger partial charge in [0.15, 0.2) is 5.65 Å². The van der Waals surface area contributed by atoms with Crippen molar-refractivity contribution in [1.29, 1.82) is 0 Å². The molecule has 0 bridgehead atoms. The Balaban J connectivity index is 2.11. The minimum absolute atomic E-state index is 0.465. The predicted molar refractivity (Wildman–Crippen MR) is 53.0 cm³/mol. The average Bonchev–Trinajstić information content (AvgIpc) is 2.85. The van der Waals surface area contributed by atoms with Gasteiger partial charge in [-0.1, -0.05) is 0 Å². The molecular weight excluding hydrogens is 176 g/mol. The van der Waals surface area contributed by atoms with Gasteiger partial charge < -0.3 is 5.32 Å². The molecule has 0 aromatic carbocycles. The minimum atomic E-state index is 0.465. The van der Waals surface area contributed by atoms with Crippen LogP contribution >= 0.6 is 0 Å². The lowest BCUT2D eigenvalue weighted by molar-refractivity contribution is 0.622. The Morgan fingerprint density at radius 2 is 2.43 bits per heavy atom. The molecule has 2 aromatic heterocycles. The first-order chi connectivity index (χ1) is 6.95. The first kappa shape index (κ1) is 7.94. The van der Waals surface area contributed by atoms with E-state index < -0.39 is 0 Å². The van der Waals surface area contributed by atoms with Crippen LogP contribution < -0.4 is 5.32 Å². The largest absolute Gasteiger partial charge is 0.309 e. The van der Waals surface area contributed by atoms with Gasteiger partial charge in [0, 0.05) is 18.4 Å². The molecule has 72 valence electrons. The Morgan fingerprint density at radius 3 is 3.29 bits per heavy atom. The van der Waals surface area contributed by atoms with E-state index in [-0.39, 0.29) is 0 Å². The fraction of sp³-hybridized carbons (Fsp3) is 0.400. The van der Waals surface area contributed by atoms with Gasteiger partial charge in [-0.2, -0.15) is 0 Å². The van der Waals surface area contributed by atoms with E-state index in [2.05, 4.69) is 19.7 Å². The van der Waals surface area contributed by atoms with Crippen LogP contribution in [-0.4, -0.2) is 20.9 Å². The number of hydrogen-bond acceptors (Lipinski definition) is 3. The van der Waals surface area contributed by atoms with E-state index in [1.54, 1.807) is 12.4 Å². The molecule has 0 saturated carbocycles. The molecule has 1 atom stereocenters. The highest BCUT2D eigenvalue weighted by atomic mass is 15.1. The standard InChI is InChI=1S/C10H12N4/c1-2-8(12-3-1)9-6-13-10-7-11-4-5-14(9)10/h4-8,12H,1-3H2. The molecule has 4 heteroatoms. The van der Waals surface area contributed by atoms with Crippen molar-refractivity contribution in [1.82, 2.24) is 19.7 Å². The maximum absolute atomic E-state index is 4.32. The van der Waals surface area contributed by atoms with Gasteiger partial charge in [-0.05, 0) is 19.4 Å². The van der Waals surface area contributed by atoms with E-state index in [1.807, 2.05) is 12.4 Å². The molecule has 0 radical (unpaired) electrons. The summed E-state index contributed by atoms with van der Waals surface area (Å²) >= 11 is 0. The normalized spacial score (nSPS) is 21.9. The van der Waals surface area contributed by atoms with Gasteiger partial charge in [0.1, 0.15) is 0 Å². The summed E-state index contributed by atoms with van der Waals surface area (Å²) in [6.07, 6.45) is 9.96. The highest BCUT2D eigenvalue weighted by molar-refractivity contribution is 5.37. The lowest BCUT2D eigenvalue weighted by atomic mass is 10.2. The van der Waals surface area contributed by atoms with Gasteiger partial charge in [-0.3, -0.25) is 9.38 Å². The molecule has 4 nitrogen and oxygen atoms in total. The van der Waals surface area contributed by atoms with Gasteiger partial charge in [-0.25, -0.2) is 4.98 Å². The summed E-state index contributed by atoms with van der Waals surface area (Å²) in [6, 6.07) is 0.465. The van der Waals surface area contributed by atoms with Gasteiger partial charge >= 0.3 is 0 Å². The van der Waals surface area contributed by atoms with Gasteiger partial charge in [0.2, 0.25) is 0 Å². The third kappa shape index (κ3) is 1.11. The molecule has 1 fully saturated rings. The number of nitrogens with zero attached hydrogens (tertiary/aromatic N) is 3. The average molecular weight is 188 g/mol. The summed E-state index contributed by atoms with van der Waals surface area (Å²) in [5, 5.41) is 3.47. The number of fused-ring (bicyclic) bond motifs is 1. The van der Waals surface area contributed by atoms with Crippen molar-refractivity contribution in [3.8, 4) is 0 Å². The Hall–Kier alpha value is -1.42. The predicted octanol–water partition coefficient (Wildman–Crippen LogP) is 1.15. The maximum Gasteiger partial charge on any atom is 0.155 e. The molecule has 1 unspecified atom stereocenters. The fourth-order valence-corrected chi connectivity index (χ4v) is 2.06. The number of nitrogens with one attached hydrogen (secondary N) is 1. The molecule has 3 rings (SSSR count). The smallest absolute Gasteiger partial charge is 0.155 e. The summed E-state index contributed by atoms with van der Waals surface area (Å²) in [4.78, 5) is 8.37. The van der Waals surface area contributed by atoms with Crippen LogP contribution in [0, 0.1) is 0 Å². The molecule has 1 aliphatic rings. The van der Waals surface area contributed by atoms with Crippen molar-refractivity contribution < 1.29 is 0 Å². The first-order valence-electron chi connectivity index (χ1n) is 4.95. The monoisotopic (exact) mass is 188 g/mol. The molecule has 0 aliphatic carbocycles. The zero-order valence-electron chi connectivity index (χ0n) is 7.85. The van der Waals surface area contributed by atoms with Gasteiger partial charge in [-0.15, -0.1) is 0 Å². The number of hydrogen-bond donors (Lipinski definition) is 1. The Morgan fingerprint density at radius 1 is 1.43 bits per heavy atom. The number of imidazole rings is 1. The Labute approximate surface area is 82.0 Å². The minimum Gasteiger partial charge on any atom is -0.309 e. The van der Waals surface area contributed by atoms with E-state index in [4.69, 9.17) is 0 Å². The zero-order chi connectivity index (χ0) is 9.38. The van der Waals surface area contributed by atoms with Crippen LogP contribution in [0.25, 0.3) is 5.65 Å². The second-order valence-corrected chi connectivity index (χ2v) is 3.64. The first-order valence-corrected chi connectivity index (χ1v) is 4.95. The highest BCUT2D eigenvalue weighted by Crippen LogP contribution is 2.23. The second kappa shape index (κ2) is 3.06. The van der Waals surface area contributed by atoms with Gasteiger partial charge in [0.25, 0.3) is 0 Å². The molecular formula is C10H12N4. The topological polar surface area (TPSA) is 42.2 Å². The molecule has 2 aromatic rings. The fourth-order valence-electron chi connectivity index (χ4n) is 2.06. The highest BCUT2D eigenvalue weighted by Gasteiger charge is 2.19. The van der Waals surface area contributed by atoms with E-state index in [9.17, 15) is 0 Å². The summed E-state index contributed by atoms with van der Waals surface area (Å²) in [6.45, 7) is 1.11. The molecule has 14 heavy (non-hydrogen) atoms. The Bertz CT molecular complexity index is 442. The van der Waals surface area contributed by atoms with Crippen LogP contribution in [0.3, 0.4) is 0 Å². The third-order valence-electron chi connectivity index (χ3n) is 2.76. The van der Waals surface area contributed by atoms with E-state index in [0.717, 1.165) is 12.2 Å². The van der Waals surface area contributed by atoms with Crippen LogP contribution in [0.15, 0.2) is 24.8 Å². The molecule has 0 amide bonds. The third-order valence-corrected chi connectivity index (χ3v) is 2.76. The van der Waals surface area contributed by atoms with E-state index >= 15 is 0 Å². The van der Waals surface area contributed by atoms with E-state index in [0.29, 0.717) is 6.04 Å². The number of rotatable bonds is 1. The summed E-state index contributed by atoms with van der Waals surface area (Å²) < 4.78 is 2.11. The summed E-state index contributed by atoms with van der Waals surface area (Å²) in [5.74, 6) is 0. The summed E-state index contributed by atoms with van der Waals surface area (Å²) in [7, 11) is 0. The van der Waals surface area contributed by atoms with Crippen LogP contribution in [0.5, 0.6) is 0 Å². The van der Waals surface area contributed by atoms with Crippen molar-refractivity contribution in [2.75, 3.05) is 6.54 Å². The molecule has 1 N–H and O–H groups in total. The zero-order valence-corrected chi connectivity index (χ0v) is 7.85. The number of aromatic nitrogens is 3. The van der Waals surface area contributed by atoms with Crippen molar-refractivity contribution in [2.24, 2.45) is 0 Å². The quantitative estimate of drug-likeness (QED) is 0.730. The molecule has 1 aliphatic heterocycles. The summed E-state index contributed by atoms with van der Waals surface area (Å²) in [5.41, 5.74) is 2.18. The van der Waals surface area contributed by atoms with E-state index in [1.165, 1.54) is 18.5 Å². The lowest BCUT2D eigenvalue weighted by Gasteiger charge is -2.08. The molecule has 0 spiro atoms. The van der Waals surface area contributed by atoms with Gasteiger partial charge in [0.05, 0.1) is 18.1 Å². The maximum atomic E-state index is 4.32. The molecule has 3 heterocycles. The second-order valence-electron chi connectivity index (χ2n) is 3.64. The van der Waals surface area contributed by atoms with Crippen molar-refractivity contribution in [3.63, 3.8) is 0 Å². The van der Waals surface area contributed by atoms with Crippen LogP contribution in [0.1, 0.15) is 24.6 Å². The van der Waals surface area contributed by atoms with Crippen LogP contribution in [-0.2, 0) is 0 Å². The van der Waals surface area contributed by atoms with Crippen LogP contribution in [0.4, 0.5) is 0 Å². The lowest BCUT2D eigenvalue weighted by Crippen LogP contribution is -2.14. The Kier molecular flexibility index (Phi) is 1.73. The molecule has 1 saturated heterocycles. The van der Waals surface area contributed by atoms with Crippen molar-refractivity contribution in [3.05, 3.63) is 30.5 Å².